The van der Waals surface area contributed by atoms with E-state index in [1.807, 2.05) is 42.2 Å². The van der Waals surface area contributed by atoms with Gasteiger partial charge in [0, 0.05) is 17.4 Å². The van der Waals surface area contributed by atoms with Gasteiger partial charge in [0.1, 0.15) is 0 Å². The first-order chi connectivity index (χ1) is 11.0. The molecular formula is C16H20N2O3S2. The van der Waals surface area contributed by atoms with Gasteiger partial charge in [-0.05, 0) is 18.6 Å². The Balaban J connectivity index is 1.91. The molecule has 0 unspecified atom stereocenters. The van der Waals surface area contributed by atoms with Crippen molar-refractivity contribution in [2.75, 3.05) is 16.4 Å². The van der Waals surface area contributed by atoms with Crippen molar-refractivity contribution >= 4 is 38.4 Å². The molecule has 7 heteroatoms. The van der Waals surface area contributed by atoms with Crippen LogP contribution in [0.1, 0.15) is 26.2 Å². The number of unbranched alkanes of at least 4 members (excludes halogenated alkanes) is 1. The molecule has 23 heavy (non-hydrogen) atoms. The molecule has 0 aromatic heterocycles. The van der Waals surface area contributed by atoms with Crippen LogP contribution < -0.4 is 4.90 Å². The predicted octanol–water partition coefficient (Wildman–Crippen LogP) is 2.48. The lowest BCUT2D eigenvalue weighted by molar-refractivity contribution is -0.117. The van der Waals surface area contributed by atoms with Crippen LogP contribution in [-0.4, -0.2) is 42.3 Å². The molecule has 1 aromatic rings. The van der Waals surface area contributed by atoms with Crippen LogP contribution >= 0.6 is 11.8 Å². The summed E-state index contributed by atoms with van der Waals surface area (Å²) in [5, 5.41) is 0.597. The average Bonchev–Trinajstić information content (AvgIpc) is 2.97. The summed E-state index contributed by atoms with van der Waals surface area (Å²) in [5.41, 5.74) is 0.895. The summed E-state index contributed by atoms with van der Waals surface area (Å²) in [6.45, 7) is 2.04. The summed E-state index contributed by atoms with van der Waals surface area (Å²) in [7, 11) is -3.01. The van der Waals surface area contributed by atoms with Gasteiger partial charge in [-0.15, -0.1) is 0 Å². The number of fused-ring (bicyclic) bond motifs is 1. The van der Waals surface area contributed by atoms with Gasteiger partial charge in [0.15, 0.2) is 15.0 Å². The number of carbonyl (C=O) groups is 1. The molecule has 0 bridgehead atoms. The second-order valence-electron chi connectivity index (χ2n) is 5.90. The number of rotatable bonds is 4. The first-order valence-corrected chi connectivity index (χ1v) is 10.5. The molecule has 2 aliphatic heterocycles. The van der Waals surface area contributed by atoms with Crippen molar-refractivity contribution in [1.82, 2.24) is 0 Å². The van der Waals surface area contributed by atoms with E-state index in [0.29, 0.717) is 11.6 Å². The summed E-state index contributed by atoms with van der Waals surface area (Å²) in [6.07, 6.45) is 2.22. The summed E-state index contributed by atoms with van der Waals surface area (Å²) in [5.74, 6) is 0.161. The van der Waals surface area contributed by atoms with E-state index in [0.717, 1.165) is 18.5 Å². The summed E-state index contributed by atoms with van der Waals surface area (Å²) < 4.78 is 23.9. The van der Waals surface area contributed by atoms with Gasteiger partial charge in [0.25, 0.3) is 0 Å². The predicted molar refractivity (Wildman–Crippen MR) is 94.7 cm³/mol. The third-order valence-electron chi connectivity index (χ3n) is 4.07. The van der Waals surface area contributed by atoms with Crippen LogP contribution in [0.2, 0.25) is 0 Å². The topological polar surface area (TPSA) is 66.8 Å². The van der Waals surface area contributed by atoms with Crippen molar-refractivity contribution in [3.8, 4) is 0 Å². The van der Waals surface area contributed by atoms with E-state index in [1.165, 1.54) is 11.8 Å². The van der Waals surface area contributed by atoms with Gasteiger partial charge < -0.3 is 4.90 Å². The van der Waals surface area contributed by atoms with Crippen molar-refractivity contribution in [2.24, 2.45) is 4.99 Å². The van der Waals surface area contributed by atoms with Crippen molar-refractivity contribution in [2.45, 2.75) is 37.5 Å². The number of hydrogen-bond donors (Lipinski definition) is 0. The number of benzene rings is 1. The van der Waals surface area contributed by atoms with Crippen LogP contribution in [0.3, 0.4) is 0 Å². The third-order valence-corrected chi connectivity index (χ3v) is 7.28. The number of carbonyl (C=O) groups excluding carboxylic acids is 1. The zero-order valence-corrected chi connectivity index (χ0v) is 14.6. The van der Waals surface area contributed by atoms with Gasteiger partial charge in [-0.3, -0.25) is 4.79 Å². The van der Waals surface area contributed by atoms with Gasteiger partial charge in [-0.25, -0.2) is 8.42 Å². The number of sulfone groups is 1. The maximum absolute atomic E-state index is 12.0. The Hall–Kier alpha value is -1.34. The Morgan fingerprint density at radius 3 is 2.74 bits per heavy atom. The van der Waals surface area contributed by atoms with Crippen LogP contribution in [-0.2, 0) is 14.6 Å². The number of amides is 1. The Kier molecular flexibility index (Phi) is 4.77. The van der Waals surface area contributed by atoms with E-state index >= 15 is 0 Å². The minimum atomic E-state index is -3.01. The summed E-state index contributed by atoms with van der Waals surface area (Å²) in [6, 6.07) is 9.46. The molecule has 2 fully saturated rings. The normalized spacial score (nSPS) is 27.3. The molecule has 0 spiro atoms. The van der Waals surface area contributed by atoms with Gasteiger partial charge >= 0.3 is 0 Å². The first kappa shape index (κ1) is 16.5. The SMILES string of the molecule is CCCCC(=O)N=C1S[C@@H]2CS(=O)(=O)C[C@@H]2N1c1ccccc1. The van der Waals surface area contributed by atoms with E-state index in [-0.39, 0.29) is 28.7 Å². The van der Waals surface area contributed by atoms with E-state index in [9.17, 15) is 13.2 Å². The number of hydrogen-bond acceptors (Lipinski definition) is 4. The largest absolute Gasteiger partial charge is 0.316 e. The molecular weight excluding hydrogens is 332 g/mol. The van der Waals surface area contributed by atoms with Crippen LogP contribution in [0.25, 0.3) is 0 Å². The summed E-state index contributed by atoms with van der Waals surface area (Å²) in [4.78, 5) is 18.2. The maximum Gasteiger partial charge on any atom is 0.248 e. The Labute approximate surface area is 141 Å². The Bertz CT molecular complexity index is 716. The van der Waals surface area contributed by atoms with Gasteiger partial charge in [-0.2, -0.15) is 4.99 Å². The smallest absolute Gasteiger partial charge is 0.248 e. The molecule has 2 aliphatic rings. The monoisotopic (exact) mass is 352 g/mol. The molecule has 124 valence electrons. The van der Waals surface area contributed by atoms with Crippen LogP contribution in [0.4, 0.5) is 5.69 Å². The number of para-hydroxylation sites is 1. The zero-order valence-electron chi connectivity index (χ0n) is 13.0. The van der Waals surface area contributed by atoms with Crippen molar-refractivity contribution in [1.29, 1.82) is 0 Å². The van der Waals surface area contributed by atoms with E-state index in [2.05, 4.69) is 4.99 Å². The average molecular weight is 352 g/mol. The molecule has 2 heterocycles. The molecule has 1 amide bonds. The quantitative estimate of drug-likeness (QED) is 0.833. The minimum Gasteiger partial charge on any atom is -0.316 e. The first-order valence-electron chi connectivity index (χ1n) is 7.83. The lowest BCUT2D eigenvalue weighted by Gasteiger charge is -2.24. The summed E-state index contributed by atoms with van der Waals surface area (Å²) >= 11 is 1.42. The number of amidine groups is 1. The van der Waals surface area contributed by atoms with Gasteiger partial charge in [0.05, 0.1) is 17.5 Å². The molecule has 0 aliphatic carbocycles. The standard InChI is InChI=1S/C16H20N2O3S2/c1-2-3-9-15(19)17-16-18(12-7-5-4-6-8-12)13-10-23(20,21)11-14(13)22-16/h4-8,13-14H,2-3,9-11H2,1H3/t13-,14+/m0/s1. The highest BCUT2D eigenvalue weighted by Gasteiger charge is 2.49. The zero-order chi connectivity index (χ0) is 16.4. The van der Waals surface area contributed by atoms with Crippen LogP contribution in [0, 0.1) is 0 Å². The van der Waals surface area contributed by atoms with E-state index in [4.69, 9.17) is 0 Å². The fourth-order valence-electron chi connectivity index (χ4n) is 2.95. The molecule has 0 N–H and O–H groups in total. The molecule has 3 rings (SSSR count). The van der Waals surface area contributed by atoms with Crippen molar-refractivity contribution in [3.05, 3.63) is 30.3 Å². The van der Waals surface area contributed by atoms with Crippen molar-refractivity contribution < 1.29 is 13.2 Å². The number of anilines is 1. The Morgan fingerprint density at radius 1 is 1.30 bits per heavy atom. The third kappa shape index (κ3) is 3.61. The highest BCUT2D eigenvalue weighted by atomic mass is 32.2. The second-order valence-corrected chi connectivity index (χ2v) is 9.26. The van der Waals surface area contributed by atoms with Gasteiger partial charge in [-0.1, -0.05) is 43.3 Å². The van der Waals surface area contributed by atoms with E-state index in [1.54, 1.807) is 0 Å². The molecule has 2 saturated heterocycles. The minimum absolute atomic E-state index is 0.0436. The number of thioether (sulfide) groups is 1. The maximum atomic E-state index is 12.0. The second kappa shape index (κ2) is 6.65. The van der Waals surface area contributed by atoms with Crippen molar-refractivity contribution in [3.63, 3.8) is 0 Å². The molecule has 5 nitrogen and oxygen atoms in total. The van der Waals surface area contributed by atoms with E-state index < -0.39 is 9.84 Å². The number of aliphatic imine (C=N–C) groups is 1. The fraction of sp³-hybridized carbons (Fsp3) is 0.500. The van der Waals surface area contributed by atoms with Gasteiger partial charge in [0.2, 0.25) is 5.91 Å². The Morgan fingerprint density at radius 2 is 2.04 bits per heavy atom. The lowest BCUT2D eigenvalue weighted by atomic mass is 10.2. The molecule has 0 saturated carbocycles. The molecule has 2 atom stereocenters. The van der Waals surface area contributed by atoms with Crippen LogP contribution in [0.15, 0.2) is 35.3 Å². The lowest BCUT2D eigenvalue weighted by Crippen LogP contribution is -2.37. The molecule has 1 aromatic carbocycles. The highest BCUT2D eigenvalue weighted by molar-refractivity contribution is 8.16. The number of nitrogens with zero attached hydrogens (tertiary/aromatic N) is 2. The molecule has 0 radical (unpaired) electrons. The highest BCUT2D eigenvalue weighted by Crippen LogP contribution is 2.40. The fourth-order valence-corrected chi connectivity index (χ4v) is 6.88. The van der Waals surface area contributed by atoms with Crippen LogP contribution in [0.5, 0.6) is 0 Å².